The Bertz CT molecular complexity index is 2020. The fourth-order valence-corrected chi connectivity index (χ4v) is 7.25. The smallest absolute Gasteiger partial charge is 0.328 e. The minimum Gasteiger partial charge on any atom is -0.504 e. The second kappa shape index (κ2) is 13.8. The molecule has 1 amide bonds. The number of phenols is 3. The van der Waals surface area contributed by atoms with Crippen LogP contribution in [0.4, 0.5) is 5.69 Å². The van der Waals surface area contributed by atoms with Crippen molar-refractivity contribution in [2.24, 2.45) is 11.8 Å². The number of cyclic esters (lactones) is 1. The molecule has 2 aliphatic heterocycles. The number of phenolic OH excluding ortho intramolecular Hbond substituents is 3. The Kier molecular flexibility index (Phi) is 9.05. The molecule has 5 N–H and O–H groups in total. The van der Waals surface area contributed by atoms with Gasteiger partial charge in [-0.2, -0.15) is 0 Å². The predicted molar refractivity (Wildman–Crippen MR) is 183 cm³/mol. The van der Waals surface area contributed by atoms with Crippen molar-refractivity contribution in [1.29, 1.82) is 0 Å². The molecule has 7 rings (SSSR count). The van der Waals surface area contributed by atoms with Crippen LogP contribution in [0.15, 0.2) is 66.7 Å². The van der Waals surface area contributed by atoms with Crippen LogP contribution in [0.25, 0.3) is 0 Å². The largest absolute Gasteiger partial charge is 0.504 e. The maximum atomic E-state index is 13.5. The van der Waals surface area contributed by atoms with Crippen LogP contribution in [0.2, 0.25) is 0 Å². The molecule has 4 aromatic carbocycles. The summed E-state index contributed by atoms with van der Waals surface area (Å²) in [6, 6.07) is 16.4. The first-order valence-corrected chi connectivity index (χ1v) is 16.4. The van der Waals surface area contributed by atoms with Crippen molar-refractivity contribution in [3.05, 3.63) is 94.5 Å². The SMILES string of the molecule is COC(=O)[C@H](Cc1ccc(O)c(O)c1)NC(=O)c1ccc(N[C@@H]2c3cc4c(cc3[C@@H](c3cc(OC)c(O)c(OC)c3)[C@H]3C(=O)OC[C@@H]32)OCO4)cc1. The number of amides is 1. The Morgan fingerprint density at radius 2 is 1.52 bits per heavy atom. The van der Waals surface area contributed by atoms with Gasteiger partial charge in [0.2, 0.25) is 12.5 Å². The maximum Gasteiger partial charge on any atom is 0.328 e. The van der Waals surface area contributed by atoms with Gasteiger partial charge in [-0.1, -0.05) is 6.07 Å². The highest BCUT2D eigenvalue weighted by molar-refractivity contribution is 5.97. The van der Waals surface area contributed by atoms with Gasteiger partial charge in [0.05, 0.1) is 39.9 Å². The topological polar surface area (TPSA) is 191 Å². The molecular formula is C38H36N2O12. The van der Waals surface area contributed by atoms with Gasteiger partial charge in [-0.25, -0.2) is 4.79 Å². The summed E-state index contributed by atoms with van der Waals surface area (Å²) in [6.07, 6.45) is 0.0134. The van der Waals surface area contributed by atoms with Gasteiger partial charge in [-0.15, -0.1) is 0 Å². The quantitative estimate of drug-likeness (QED) is 0.117. The summed E-state index contributed by atoms with van der Waals surface area (Å²) in [4.78, 5) is 39.4. The molecule has 0 saturated carbocycles. The lowest BCUT2D eigenvalue weighted by Crippen LogP contribution is -2.43. The van der Waals surface area contributed by atoms with Crippen molar-refractivity contribution < 1.29 is 58.1 Å². The number of ether oxygens (including phenoxy) is 6. The van der Waals surface area contributed by atoms with E-state index in [1.54, 1.807) is 36.4 Å². The third-order valence-electron chi connectivity index (χ3n) is 9.79. The highest BCUT2D eigenvalue weighted by Crippen LogP contribution is 2.56. The minimum absolute atomic E-state index is 0.0134. The molecule has 1 aliphatic carbocycles. The molecule has 1 saturated heterocycles. The van der Waals surface area contributed by atoms with Crippen LogP contribution in [0.3, 0.4) is 0 Å². The first-order chi connectivity index (χ1) is 25.1. The van der Waals surface area contributed by atoms with E-state index < -0.39 is 35.8 Å². The van der Waals surface area contributed by atoms with Crippen molar-refractivity contribution in [1.82, 2.24) is 5.32 Å². The van der Waals surface area contributed by atoms with E-state index in [1.807, 2.05) is 12.1 Å². The van der Waals surface area contributed by atoms with E-state index in [4.69, 9.17) is 28.4 Å². The first-order valence-electron chi connectivity index (χ1n) is 16.4. The average Bonchev–Trinajstić information content (AvgIpc) is 3.78. The van der Waals surface area contributed by atoms with E-state index in [1.165, 1.54) is 39.5 Å². The van der Waals surface area contributed by atoms with Crippen LogP contribution >= 0.6 is 0 Å². The normalized spacial score (nSPS) is 20.2. The number of benzene rings is 4. The van der Waals surface area contributed by atoms with Gasteiger partial charge in [0.25, 0.3) is 5.91 Å². The zero-order valence-corrected chi connectivity index (χ0v) is 28.4. The number of fused-ring (bicyclic) bond motifs is 3. The number of carbonyl (C=O) groups is 3. The molecule has 0 radical (unpaired) electrons. The fourth-order valence-electron chi connectivity index (χ4n) is 7.25. The number of esters is 2. The third-order valence-corrected chi connectivity index (χ3v) is 9.79. The molecular weight excluding hydrogens is 676 g/mol. The van der Waals surface area contributed by atoms with Gasteiger partial charge in [0, 0.05) is 29.5 Å². The lowest BCUT2D eigenvalue weighted by molar-refractivity contribution is -0.143. The molecule has 0 unspecified atom stereocenters. The Labute approximate surface area is 297 Å². The van der Waals surface area contributed by atoms with Crippen LogP contribution in [0, 0.1) is 11.8 Å². The second-order valence-corrected chi connectivity index (χ2v) is 12.7. The van der Waals surface area contributed by atoms with E-state index in [0.717, 1.165) is 11.1 Å². The number of anilines is 1. The fraction of sp³-hybridized carbons (Fsp3) is 0.289. The van der Waals surface area contributed by atoms with Gasteiger partial charge >= 0.3 is 11.9 Å². The van der Waals surface area contributed by atoms with Gasteiger partial charge in [-0.3, -0.25) is 9.59 Å². The summed E-state index contributed by atoms with van der Waals surface area (Å²) in [7, 11) is 4.09. The molecule has 52 heavy (non-hydrogen) atoms. The van der Waals surface area contributed by atoms with Crippen molar-refractivity contribution in [3.8, 4) is 40.2 Å². The molecule has 4 aromatic rings. The summed E-state index contributed by atoms with van der Waals surface area (Å²) in [5.41, 5.74) is 3.75. The molecule has 3 aliphatic rings. The lowest BCUT2D eigenvalue weighted by Gasteiger charge is -2.40. The number of rotatable bonds is 10. The van der Waals surface area contributed by atoms with Crippen LogP contribution in [-0.4, -0.2) is 73.9 Å². The van der Waals surface area contributed by atoms with Crippen LogP contribution in [0.1, 0.15) is 44.6 Å². The number of methoxy groups -OCH3 is 3. The number of nitrogens with one attached hydrogen (secondary N) is 2. The monoisotopic (exact) mass is 712 g/mol. The van der Waals surface area contributed by atoms with E-state index in [9.17, 15) is 29.7 Å². The Morgan fingerprint density at radius 1 is 0.846 bits per heavy atom. The van der Waals surface area contributed by atoms with Crippen LogP contribution in [0.5, 0.6) is 40.2 Å². The Balaban J connectivity index is 1.18. The lowest BCUT2D eigenvalue weighted by atomic mass is 9.65. The van der Waals surface area contributed by atoms with Crippen molar-refractivity contribution in [2.75, 3.05) is 40.0 Å². The maximum absolute atomic E-state index is 13.5. The summed E-state index contributed by atoms with van der Waals surface area (Å²) in [6.45, 7) is 0.195. The molecule has 14 nitrogen and oxygen atoms in total. The molecule has 0 spiro atoms. The molecule has 5 atom stereocenters. The Hall–Kier alpha value is -6.31. The summed E-state index contributed by atoms with van der Waals surface area (Å²) in [5.74, 6) is -2.37. The van der Waals surface area contributed by atoms with E-state index in [0.29, 0.717) is 28.3 Å². The first kappa shape index (κ1) is 34.2. The van der Waals surface area contributed by atoms with Gasteiger partial charge in [-0.05, 0) is 82.9 Å². The molecule has 0 aromatic heterocycles. The summed E-state index contributed by atoms with van der Waals surface area (Å²) < 4.78 is 33.0. The molecule has 14 heteroatoms. The Morgan fingerprint density at radius 3 is 2.15 bits per heavy atom. The minimum atomic E-state index is -1.07. The number of hydrogen-bond acceptors (Lipinski definition) is 13. The average molecular weight is 713 g/mol. The van der Waals surface area contributed by atoms with Crippen LogP contribution in [-0.2, 0) is 25.5 Å². The highest BCUT2D eigenvalue weighted by atomic mass is 16.7. The molecule has 2 heterocycles. The van der Waals surface area contributed by atoms with Crippen molar-refractivity contribution in [3.63, 3.8) is 0 Å². The van der Waals surface area contributed by atoms with Crippen molar-refractivity contribution in [2.45, 2.75) is 24.4 Å². The summed E-state index contributed by atoms with van der Waals surface area (Å²) in [5, 5.41) is 36.4. The van der Waals surface area contributed by atoms with E-state index in [2.05, 4.69) is 10.6 Å². The highest BCUT2D eigenvalue weighted by Gasteiger charge is 2.52. The van der Waals surface area contributed by atoms with Gasteiger partial charge < -0.3 is 54.4 Å². The van der Waals surface area contributed by atoms with Gasteiger partial charge in [0.1, 0.15) is 6.04 Å². The van der Waals surface area contributed by atoms with Crippen LogP contribution < -0.4 is 29.6 Å². The predicted octanol–water partition coefficient (Wildman–Crippen LogP) is 4.15. The molecule has 0 bridgehead atoms. The summed E-state index contributed by atoms with van der Waals surface area (Å²) >= 11 is 0. The number of carbonyl (C=O) groups excluding carboxylic acids is 3. The molecule has 1 fully saturated rings. The van der Waals surface area contributed by atoms with Gasteiger partial charge in [0.15, 0.2) is 34.5 Å². The zero-order valence-electron chi connectivity index (χ0n) is 28.4. The second-order valence-electron chi connectivity index (χ2n) is 12.7. The zero-order chi connectivity index (χ0) is 36.7. The van der Waals surface area contributed by atoms with E-state index in [-0.39, 0.29) is 66.0 Å². The van der Waals surface area contributed by atoms with Crippen molar-refractivity contribution >= 4 is 23.5 Å². The standard InChI is InChI=1S/C38H36N2O12/c1-47-30-12-20(13-31(48-2)35(30)43)32-22-14-28-29(52-17-51-28)15-23(22)34(24-16-50-38(46)33(24)32)39-21-7-5-19(6-8-21)36(44)40-25(37(45)49-3)10-18-4-9-26(41)27(42)11-18/h4-9,11-15,24-25,32-34,39,41-43H,10,16-17H2,1-3H3,(H,40,44)/t24-,25-,32+,33-,34+/m0/s1. The van der Waals surface area contributed by atoms with E-state index >= 15 is 0 Å². The number of aromatic hydroxyl groups is 3. The number of hydrogen-bond donors (Lipinski definition) is 5. The molecule has 270 valence electrons. The third kappa shape index (κ3) is 6.16.